The summed E-state index contributed by atoms with van der Waals surface area (Å²) in [7, 11) is 0. The second kappa shape index (κ2) is 4.88. The van der Waals surface area contributed by atoms with E-state index in [1.807, 2.05) is 5.51 Å². The summed E-state index contributed by atoms with van der Waals surface area (Å²) in [5, 5.41) is 2.10. The number of hydrogen-bond donors (Lipinski definition) is 0. The molecule has 1 aromatic rings. The summed E-state index contributed by atoms with van der Waals surface area (Å²) in [6.07, 6.45) is 5.00. The molecule has 0 saturated heterocycles. The standard InChI is InChI=1S/C12H17NOS/c1-2-3-9-4-5-10(14)6-11(9)12-7-15-8-13-12/h7-9,11H,2-6H2,1H3. The van der Waals surface area contributed by atoms with Crippen molar-refractivity contribution in [3.05, 3.63) is 16.6 Å². The summed E-state index contributed by atoms with van der Waals surface area (Å²) in [4.78, 5) is 15.9. The van der Waals surface area contributed by atoms with Crippen LogP contribution in [0.3, 0.4) is 0 Å². The quantitative estimate of drug-likeness (QED) is 0.786. The number of hydrogen-bond acceptors (Lipinski definition) is 3. The lowest BCUT2D eigenvalue weighted by Crippen LogP contribution is -2.23. The number of aromatic nitrogens is 1. The zero-order valence-corrected chi connectivity index (χ0v) is 9.93. The van der Waals surface area contributed by atoms with Gasteiger partial charge in [-0.1, -0.05) is 19.8 Å². The van der Waals surface area contributed by atoms with Gasteiger partial charge in [-0.05, 0) is 12.3 Å². The van der Waals surface area contributed by atoms with E-state index in [1.54, 1.807) is 11.3 Å². The fourth-order valence-electron chi connectivity index (χ4n) is 2.53. The maximum atomic E-state index is 11.5. The minimum atomic E-state index is 0.400. The Labute approximate surface area is 94.7 Å². The second-order valence-corrected chi connectivity index (χ2v) is 5.07. The van der Waals surface area contributed by atoms with Gasteiger partial charge in [0.15, 0.2) is 0 Å². The molecule has 1 aliphatic rings. The summed E-state index contributed by atoms with van der Waals surface area (Å²) in [5.74, 6) is 1.49. The van der Waals surface area contributed by atoms with Gasteiger partial charge in [-0.25, -0.2) is 4.98 Å². The van der Waals surface area contributed by atoms with E-state index >= 15 is 0 Å². The molecule has 1 fully saturated rings. The van der Waals surface area contributed by atoms with E-state index in [2.05, 4.69) is 17.3 Å². The van der Waals surface area contributed by atoms with Crippen LogP contribution in [0.2, 0.25) is 0 Å². The van der Waals surface area contributed by atoms with Crippen molar-refractivity contribution in [2.24, 2.45) is 5.92 Å². The molecule has 1 aromatic heterocycles. The second-order valence-electron chi connectivity index (χ2n) is 4.35. The third kappa shape index (κ3) is 2.46. The smallest absolute Gasteiger partial charge is 0.133 e. The predicted octanol–water partition coefficient (Wildman–Crippen LogP) is 3.40. The molecule has 0 bridgehead atoms. The van der Waals surface area contributed by atoms with Crippen molar-refractivity contribution >= 4 is 17.1 Å². The molecule has 1 saturated carbocycles. The molecule has 0 spiro atoms. The summed E-state index contributed by atoms with van der Waals surface area (Å²) in [5.41, 5.74) is 3.02. The first-order valence-corrected chi connectivity index (χ1v) is 6.65. The highest BCUT2D eigenvalue weighted by Gasteiger charge is 2.30. The van der Waals surface area contributed by atoms with E-state index in [1.165, 1.54) is 12.8 Å². The van der Waals surface area contributed by atoms with Crippen molar-refractivity contribution in [1.82, 2.24) is 4.98 Å². The summed E-state index contributed by atoms with van der Waals surface area (Å²) in [6.45, 7) is 2.22. The Bertz CT molecular complexity index is 320. The van der Waals surface area contributed by atoms with Gasteiger partial charge >= 0.3 is 0 Å². The van der Waals surface area contributed by atoms with Gasteiger partial charge in [0.05, 0.1) is 11.2 Å². The lowest BCUT2D eigenvalue weighted by Gasteiger charge is -2.29. The van der Waals surface area contributed by atoms with Gasteiger partial charge in [-0.15, -0.1) is 11.3 Å². The van der Waals surface area contributed by atoms with Gasteiger partial charge in [-0.3, -0.25) is 4.79 Å². The van der Waals surface area contributed by atoms with Crippen LogP contribution in [0.15, 0.2) is 10.9 Å². The van der Waals surface area contributed by atoms with Gasteiger partial charge in [-0.2, -0.15) is 0 Å². The fraction of sp³-hybridized carbons (Fsp3) is 0.667. The highest BCUT2D eigenvalue weighted by atomic mass is 32.1. The highest BCUT2D eigenvalue weighted by molar-refractivity contribution is 7.07. The average molecular weight is 223 g/mol. The molecule has 1 aliphatic carbocycles. The maximum Gasteiger partial charge on any atom is 0.133 e. The number of thiazole rings is 1. The summed E-state index contributed by atoms with van der Waals surface area (Å²) in [6, 6.07) is 0. The van der Waals surface area contributed by atoms with Crippen LogP contribution >= 0.6 is 11.3 Å². The van der Waals surface area contributed by atoms with E-state index in [9.17, 15) is 4.79 Å². The Morgan fingerprint density at radius 3 is 3.13 bits per heavy atom. The van der Waals surface area contributed by atoms with E-state index in [0.717, 1.165) is 18.5 Å². The maximum absolute atomic E-state index is 11.5. The number of ketones is 1. The van der Waals surface area contributed by atoms with Crippen molar-refractivity contribution in [1.29, 1.82) is 0 Å². The Morgan fingerprint density at radius 1 is 1.60 bits per heavy atom. The first kappa shape index (κ1) is 10.8. The molecule has 0 aromatic carbocycles. The molecule has 0 radical (unpaired) electrons. The number of nitrogens with zero attached hydrogens (tertiary/aromatic N) is 1. The van der Waals surface area contributed by atoms with Crippen molar-refractivity contribution in [3.8, 4) is 0 Å². The van der Waals surface area contributed by atoms with Crippen LogP contribution in [0.5, 0.6) is 0 Å². The van der Waals surface area contributed by atoms with Crippen molar-refractivity contribution in [2.45, 2.75) is 44.9 Å². The van der Waals surface area contributed by atoms with Gasteiger partial charge in [0.2, 0.25) is 0 Å². The van der Waals surface area contributed by atoms with Crippen LogP contribution in [-0.2, 0) is 4.79 Å². The average Bonchev–Trinajstić information content (AvgIpc) is 2.74. The zero-order chi connectivity index (χ0) is 10.7. The first-order valence-electron chi connectivity index (χ1n) is 5.71. The molecular formula is C12H17NOS. The van der Waals surface area contributed by atoms with Gasteiger partial charge in [0.25, 0.3) is 0 Å². The Morgan fingerprint density at radius 2 is 2.47 bits per heavy atom. The third-order valence-electron chi connectivity index (χ3n) is 3.30. The molecule has 2 atom stereocenters. The topological polar surface area (TPSA) is 30.0 Å². The summed E-state index contributed by atoms with van der Waals surface area (Å²) >= 11 is 1.63. The minimum absolute atomic E-state index is 0.400. The lowest BCUT2D eigenvalue weighted by atomic mass is 9.75. The number of carbonyl (C=O) groups excluding carboxylic acids is 1. The zero-order valence-electron chi connectivity index (χ0n) is 9.11. The number of rotatable bonds is 3. The molecule has 0 aliphatic heterocycles. The van der Waals surface area contributed by atoms with Crippen LogP contribution < -0.4 is 0 Å². The molecule has 2 rings (SSSR count). The first-order chi connectivity index (χ1) is 7.31. The van der Waals surface area contributed by atoms with E-state index in [0.29, 0.717) is 24.0 Å². The minimum Gasteiger partial charge on any atom is -0.300 e. The van der Waals surface area contributed by atoms with Crippen molar-refractivity contribution < 1.29 is 4.79 Å². The van der Waals surface area contributed by atoms with E-state index in [4.69, 9.17) is 0 Å². The Kier molecular flexibility index (Phi) is 3.52. The molecule has 2 unspecified atom stereocenters. The van der Waals surface area contributed by atoms with Crippen molar-refractivity contribution in [3.63, 3.8) is 0 Å². The van der Waals surface area contributed by atoms with Gasteiger partial charge in [0.1, 0.15) is 5.78 Å². The Hall–Kier alpha value is -0.700. The fourth-order valence-corrected chi connectivity index (χ4v) is 3.15. The molecule has 0 N–H and O–H groups in total. The molecule has 1 heterocycles. The molecule has 15 heavy (non-hydrogen) atoms. The SMILES string of the molecule is CCCC1CCC(=O)CC1c1cscn1. The number of Topliss-reactive ketones (excluding diaryl/α,β-unsaturated/α-hetero) is 1. The molecule has 82 valence electrons. The van der Waals surface area contributed by atoms with Gasteiger partial charge in [0, 0.05) is 24.1 Å². The normalized spacial score (nSPS) is 26.9. The lowest BCUT2D eigenvalue weighted by molar-refractivity contribution is -0.121. The highest BCUT2D eigenvalue weighted by Crippen LogP contribution is 2.38. The Balaban J connectivity index is 2.13. The molecule has 3 heteroatoms. The summed E-state index contributed by atoms with van der Waals surface area (Å²) < 4.78 is 0. The largest absolute Gasteiger partial charge is 0.300 e. The predicted molar refractivity (Wildman–Crippen MR) is 62.1 cm³/mol. The van der Waals surface area contributed by atoms with Crippen LogP contribution in [0.4, 0.5) is 0 Å². The van der Waals surface area contributed by atoms with E-state index in [-0.39, 0.29) is 0 Å². The monoisotopic (exact) mass is 223 g/mol. The van der Waals surface area contributed by atoms with Crippen LogP contribution in [0.25, 0.3) is 0 Å². The van der Waals surface area contributed by atoms with Crippen LogP contribution in [0, 0.1) is 5.92 Å². The molecule has 0 amide bonds. The third-order valence-corrected chi connectivity index (χ3v) is 3.91. The van der Waals surface area contributed by atoms with Crippen LogP contribution in [0.1, 0.15) is 50.6 Å². The van der Waals surface area contributed by atoms with Crippen molar-refractivity contribution in [2.75, 3.05) is 0 Å². The molecule has 2 nitrogen and oxygen atoms in total. The number of carbonyl (C=O) groups is 1. The molecular weight excluding hydrogens is 206 g/mol. The van der Waals surface area contributed by atoms with Crippen LogP contribution in [-0.4, -0.2) is 10.8 Å². The van der Waals surface area contributed by atoms with Gasteiger partial charge < -0.3 is 0 Å². The van der Waals surface area contributed by atoms with E-state index < -0.39 is 0 Å².